The molecule has 2 amide bonds. The molecule has 0 unspecified atom stereocenters. The lowest BCUT2D eigenvalue weighted by Crippen LogP contribution is -2.50. The number of benzene rings is 3. The van der Waals surface area contributed by atoms with Crippen LogP contribution in [-0.2, 0) is 32.8 Å². The normalized spacial score (nSPS) is 11.9. The van der Waals surface area contributed by atoms with Crippen molar-refractivity contribution in [1.29, 1.82) is 0 Å². The summed E-state index contributed by atoms with van der Waals surface area (Å²) in [6.07, 6.45) is 1.05. The fourth-order valence-corrected chi connectivity index (χ4v) is 4.68. The first-order valence-electron chi connectivity index (χ1n) is 11.9. The fourth-order valence-electron chi connectivity index (χ4n) is 3.83. The number of carbonyl (C=O) groups excluding carboxylic acids is 2. The molecule has 0 bridgehead atoms. The Balaban J connectivity index is 1.81. The summed E-state index contributed by atoms with van der Waals surface area (Å²) in [5, 5.41) is 2.57. The molecule has 0 aromatic heterocycles. The van der Waals surface area contributed by atoms with Crippen LogP contribution in [-0.4, -0.2) is 51.0 Å². The van der Waals surface area contributed by atoms with E-state index in [-0.39, 0.29) is 12.5 Å². The van der Waals surface area contributed by atoms with E-state index in [0.717, 1.165) is 27.3 Å². The van der Waals surface area contributed by atoms with Gasteiger partial charge in [-0.3, -0.25) is 13.9 Å². The maximum atomic E-state index is 13.5. The van der Waals surface area contributed by atoms with Gasteiger partial charge in [-0.15, -0.1) is 0 Å². The lowest BCUT2D eigenvalue weighted by Gasteiger charge is -2.31. The zero-order chi connectivity index (χ0) is 27.0. The van der Waals surface area contributed by atoms with E-state index >= 15 is 0 Å². The van der Waals surface area contributed by atoms with Crippen molar-refractivity contribution in [3.63, 3.8) is 0 Å². The second-order valence-electron chi connectivity index (χ2n) is 8.78. The molecule has 8 nitrogen and oxygen atoms in total. The maximum Gasteiger partial charge on any atom is 0.244 e. The third-order valence-corrected chi connectivity index (χ3v) is 7.21. The first-order chi connectivity index (χ1) is 17.6. The van der Waals surface area contributed by atoms with Gasteiger partial charge in [0.05, 0.1) is 11.9 Å². The van der Waals surface area contributed by atoms with E-state index in [1.807, 2.05) is 61.5 Å². The molecule has 0 aliphatic heterocycles. The molecule has 3 aromatic carbocycles. The van der Waals surface area contributed by atoms with E-state index < -0.39 is 28.5 Å². The van der Waals surface area contributed by atoms with Crippen LogP contribution in [0.3, 0.4) is 0 Å². The molecule has 0 saturated heterocycles. The zero-order valence-corrected chi connectivity index (χ0v) is 22.4. The van der Waals surface area contributed by atoms with Gasteiger partial charge < -0.3 is 15.0 Å². The summed E-state index contributed by atoms with van der Waals surface area (Å²) in [4.78, 5) is 27.3. The van der Waals surface area contributed by atoms with E-state index in [1.54, 1.807) is 31.2 Å². The van der Waals surface area contributed by atoms with Crippen LogP contribution in [0.25, 0.3) is 0 Å². The van der Waals surface area contributed by atoms with Crippen LogP contribution in [0.4, 0.5) is 5.69 Å². The van der Waals surface area contributed by atoms with Crippen LogP contribution in [0, 0.1) is 6.92 Å². The maximum absolute atomic E-state index is 13.5. The van der Waals surface area contributed by atoms with Gasteiger partial charge in [0, 0.05) is 13.6 Å². The summed E-state index contributed by atoms with van der Waals surface area (Å²) in [5.41, 5.74) is 3.17. The first-order valence-corrected chi connectivity index (χ1v) is 13.7. The Morgan fingerprint density at radius 2 is 1.57 bits per heavy atom. The number of aryl methyl sites for hydroxylation is 1. The molecule has 0 saturated carbocycles. The summed E-state index contributed by atoms with van der Waals surface area (Å²) in [7, 11) is -2.30. The molecule has 3 rings (SSSR count). The molecule has 1 atom stereocenters. The highest BCUT2D eigenvalue weighted by molar-refractivity contribution is 7.92. The Hall–Kier alpha value is -3.85. The lowest BCUT2D eigenvalue weighted by molar-refractivity contribution is -0.139. The fraction of sp³-hybridized carbons (Fsp3) is 0.286. The predicted molar refractivity (Wildman–Crippen MR) is 145 cm³/mol. The molecule has 37 heavy (non-hydrogen) atoms. The van der Waals surface area contributed by atoms with Gasteiger partial charge in [0.2, 0.25) is 21.8 Å². The molecule has 0 spiro atoms. The SMILES string of the molecule is CNC(=O)[C@H](C)N(Cc1ccccc1C)C(=O)CN(c1ccc(OCc2ccccc2)cc1)S(C)(=O)=O. The summed E-state index contributed by atoms with van der Waals surface area (Å²) in [6.45, 7) is 3.64. The minimum atomic E-state index is -3.80. The van der Waals surface area contributed by atoms with E-state index in [4.69, 9.17) is 4.74 Å². The molecule has 3 aromatic rings. The molecule has 0 fully saturated rings. The summed E-state index contributed by atoms with van der Waals surface area (Å²) < 4.78 is 32.2. The van der Waals surface area contributed by atoms with Crippen molar-refractivity contribution >= 4 is 27.5 Å². The van der Waals surface area contributed by atoms with Crippen LogP contribution in [0.2, 0.25) is 0 Å². The first kappa shape index (κ1) is 27.7. The third-order valence-electron chi connectivity index (χ3n) is 6.07. The summed E-state index contributed by atoms with van der Waals surface area (Å²) in [5.74, 6) is -0.260. The highest BCUT2D eigenvalue weighted by Gasteiger charge is 2.30. The Kier molecular flexibility index (Phi) is 9.30. The number of ether oxygens (including phenoxy) is 1. The smallest absolute Gasteiger partial charge is 0.244 e. The molecule has 0 heterocycles. The number of rotatable bonds is 11. The standard InChI is InChI=1S/C28H33N3O5S/c1-21-10-8-9-13-24(21)18-30(22(2)28(33)29-3)27(32)19-31(37(4,34)35)25-14-16-26(17-15-25)36-20-23-11-6-5-7-12-23/h5-17,22H,18-20H2,1-4H3,(H,29,33)/t22-/m0/s1. The molecule has 0 radical (unpaired) electrons. The van der Waals surface area contributed by atoms with Crippen LogP contribution in [0.5, 0.6) is 5.75 Å². The van der Waals surface area contributed by atoms with Crippen molar-refractivity contribution < 1.29 is 22.7 Å². The van der Waals surface area contributed by atoms with Gasteiger partial charge in [-0.05, 0) is 54.8 Å². The highest BCUT2D eigenvalue weighted by Crippen LogP contribution is 2.23. The summed E-state index contributed by atoms with van der Waals surface area (Å²) >= 11 is 0. The highest BCUT2D eigenvalue weighted by atomic mass is 32.2. The van der Waals surface area contributed by atoms with Crippen molar-refractivity contribution in [2.75, 3.05) is 24.2 Å². The topological polar surface area (TPSA) is 96.0 Å². The Bertz CT molecular complexity index is 1310. The number of likely N-dealkylation sites (N-methyl/N-ethyl adjacent to an activating group) is 1. The van der Waals surface area contributed by atoms with Gasteiger partial charge in [-0.1, -0.05) is 54.6 Å². The van der Waals surface area contributed by atoms with Crippen molar-refractivity contribution in [3.8, 4) is 5.75 Å². The third kappa shape index (κ3) is 7.57. The van der Waals surface area contributed by atoms with Crippen molar-refractivity contribution in [3.05, 3.63) is 95.6 Å². The number of hydrogen-bond acceptors (Lipinski definition) is 5. The van der Waals surface area contributed by atoms with Crippen LogP contribution in [0.1, 0.15) is 23.6 Å². The number of sulfonamides is 1. The van der Waals surface area contributed by atoms with Gasteiger partial charge in [0.1, 0.15) is 24.9 Å². The Labute approximate surface area is 218 Å². The molecule has 1 N–H and O–H groups in total. The molecule has 9 heteroatoms. The number of nitrogens with zero attached hydrogens (tertiary/aromatic N) is 2. The number of anilines is 1. The Morgan fingerprint density at radius 3 is 2.16 bits per heavy atom. The van der Waals surface area contributed by atoms with Crippen molar-refractivity contribution in [2.24, 2.45) is 0 Å². The van der Waals surface area contributed by atoms with E-state index in [9.17, 15) is 18.0 Å². The minimum Gasteiger partial charge on any atom is -0.489 e. The van der Waals surface area contributed by atoms with Crippen LogP contribution in [0.15, 0.2) is 78.9 Å². The zero-order valence-electron chi connectivity index (χ0n) is 21.5. The largest absolute Gasteiger partial charge is 0.489 e. The van der Waals surface area contributed by atoms with Gasteiger partial charge in [0.15, 0.2) is 0 Å². The molecular formula is C28H33N3O5S. The minimum absolute atomic E-state index is 0.171. The van der Waals surface area contributed by atoms with Crippen molar-refractivity contribution in [2.45, 2.75) is 33.0 Å². The van der Waals surface area contributed by atoms with Crippen LogP contribution >= 0.6 is 0 Å². The molecule has 196 valence electrons. The molecular weight excluding hydrogens is 490 g/mol. The van der Waals surface area contributed by atoms with E-state index in [1.165, 1.54) is 11.9 Å². The van der Waals surface area contributed by atoms with E-state index in [2.05, 4.69) is 5.32 Å². The number of nitrogens with one attached hydrogen (secondary N) is 1. The number of amides is 2. The Morgan fingerprint density at radius 1 is 0.946 bits per heavy atom. The van der Waals surface area contributed by atoms with Gasteiger partial charge in [-0.25, -0.2) is 8.42 Å². The quantitative estimate of drug-likeness (QED) is 0.415. The second kappa shape index (κ2) is 12.4. The van der Waals surface area contributed by atoms with Gasteiger partial charge in [0.25, 0.3) is 0 Å². The number of hydrogen-bond donors (Lipinski definition) is 1. The second-order valence-corrected chi connectivity index (χ2v) is 10.7. The van der Waals surface area contributed by atoms with E-state index in [0.29, 0.717) is 18.0 Å². The lowest BCUT2D eigenvalue weighted by atomic mass is 10.1. The van der Waals surface area contributed by atoms with Crippen LogP contribution < -0.4 is 14.4 Å². The predicted octanol–water partition coefficient (Wildman–Crippen LogP) is 3.50. The van der Waals surface area contributed by atoms with Gasteiger partial charge >= 0.3 is 0 Å². The monoisotopic (exact) mass is 523 g/mol. The molecule has 0 aliphatic rings. The number of carbonyl (C=O) groups is 2. The molecule has 0 aliphatic carbocycles. The summed E-state index contributed by atoms with van der Waals surface area (Å²) in [6, 6.07) is 23.0. The van der Waals surface area contributed by atoms with Crippen molar-refractivity contribution in [1.82, 2.24) is 10.2 Å². The van der Waals surface area contributed by atoms with Gasteiger partial charge in [-0.2, -0.15) is 0 Å². The average molecular weight is 524 g/mol. The average Bonchev–Trinajstić information content (AvgIpc) is 2.89.